The minimum Gasteiger partial charge on any atom is -0.493 e. The fourth-order valence-electron chi connectivity index (χ4n) is 3.58. The molecule has 4 rings (SSSR count). The molecular formula is C30H26FIN2O5. The van der Waals surface area contributed by atoms with Gasteiger partial charge < -0.3 is 18.9 Å². The van der Waals surface area contributed by atoms with Crippen molar-refractivity contribution in [2.45, 2.75) is 13.2 Å². The molecule has 0 saturated heterocycles. The molecule has 1 N–H and O–H groups in total. The van der Waals surface area contributed by atoms with Crippen molar-refractivity contribution in [2.24, 2.45) is 5.10 Å². The van der Waals surface area contributed by atoms with Crippen molar-refractivity contribution in [3.63, 3.8) is 0 Å². The second kappa shape index (κ2) is 13.6. The average Bonchev–Trinajstić information content (AvgIpc) is 2.96. The summed E-state index contributed by atoms with van der Waals surface area (Å²) in [5.74, 6) is 1.34. The van der Waals surface area contributed by atoms with Gasteiger partial charge in [-0.3, -0.25) is 4.79 Å². The molecule has 0 fully saturated rings. The van der Waals surface area contributed by atoms with E-state index >= 15 is 0 Å². The highest BCUT2D eigenvalue weighted by atomic mass is 127. The van der Waals surface area contributed by atoms with Crippen molar-refractivity contribution >= 4 is 34.7 Å². The van der Waals surface area contributed by atoms with E-state index in [-0.39, 0.29) is 12.4 Å². The van der Waals surface area contributed by atoms with Crippen LogP contribution in [-0.2, 0) is 13.2 Å². The van der Waals surface area contributed by atoms with Gasteiger partial charge >= 0.3 is 0 Å². The molecular weight excluding hydrogens is 614 g/mol. The summed E-state index contributed by atoms with van der Waals surface area (Å²) in [7, 11) is 3.06. The third-order valence-electron chi connectivity index (χ3n) is 5.59. The lowest BCUT2D eigenvalue weighted by Crippen LogP contribution is -2.17. The van der Waals surface area contributed by atoms with Crippen molar-refractivity contribution in [1.82, 2.24) is 5.43 Å². The first-order valence-corrected chi connectivity index (χ1v) is 13.0. The van der Waals surface area contributed by atoms with Gasteiger partial charge in [0.2, 0.25) is 0 Å². The summed E-state index contributed by atoms with van der Waals surface area (Å²) in [6.07, 6.45) is 1.51. The molecule has 0 aliphatic carbocycles. The zero-order chi connectivity index (χ0) is 27.6. The van der Waals surface area contributed by atoms with E-state index in [0.29, 0.717) is 40.7 Å². The molecule has 1 amide bonds. The van der Waals surface area contributed by atoms with E-state index in [1.807, 2.05) is 36.4 Å². The van der Waals surface area contributed by atoms with Crippen LogP contribution in [0.5, 0.6) is 23.0 Å². The van der Waals surface area contributed by atoms with Crippen molar-refractivity contribution < 1.29 is 28.1 Å². The maximum atomic E-state index is 13.1. The SMILES string of the molecule is COc1cc(C(=O)N/N=C/c2cc(I)c(OCc3ccc(F)cc3)c(OC)c2)ccc1OCc1ccccc1. The number of ether oxygens (including phenoxy) is 4. The number of hydrogen-bond donors (Lipinski definition) is 1. The Morgan fingerprint density at radius 3 is 2.26 bits per heavy atom. The molecule has 200 valence electrons. The van der Waals surface area contributed by atoms with E-state index in [4.69, 9.17) is 18.9 Å². The molecule has 7 nitrogen and oxygen atoms in total. The Morgan fingerprint density at radius 2 is 1.54 bits per heavy atom. The smallest absolute Gasteiger partial charge is 0.271 e. The zero-order valence-corrected chi connectivity index (χ0v) is 23.5. The highest BCUT2D eigenvalue weighted by Gasteiger charge is 2.13. The third-order valence-corrected chi connectivity index (χ3v) is 6.39. The Hall–Kier alpha value is -4.12. The first-order chi connectivity index (χ1) is 19.0. The van der Waals surface area contributed by atoms with E-state index in [2.05, 4.69) is 33.1 Å². The predicted molar refractivity (Wildman–Crippen MR) is 155 cm³/mol. The summed E-state index contributed by atoms with van der Waals surface area (Å²) in [6.45, 7) is 0.640. The van der Waals surface area contributed by atoms with Crippen LogP contribution < -0.4 is 24.4 Å². The highest BCUT2D eigenvalue weighted by molar-refractivity contribution is 14.1. The Morgan fingerprint density at radius 1 is 0.846 bits per heavy atom. The van der Waals surface area contributed by atoms with Crippen LogP contribution in [0.3, 0.4) is 0 Å². The standard InChI is InChI=1S/C30H26FIN2O5/c1-36-27-16-23(10-13-26(27)38-18-20-6-4-3-5-7-20)30(35)34-33-17-22-14-25(32)29(28(15-22)37-2)39-19-21-8-11-24(31)12-9-21/h3-17H,18-19H2,1-2H3,(H,34,35)/b33-17+. The monoisotopic (exact) mass is 640 g/mol. The van der Waals surface area contributed by atoms with E-state index in [0.717, 1.165) is 14.7 Å². The molecule has 4 aromatic carbocycles. The number of amides is 1. The molecule has 0 atom stereocenters. The number of nitrogens with one attached hydrogen (secondary N) is 1. The van der Waals surface area contributed by atoms with Gasteiger partial charge in [0, 0.05) is 5.56 Å². The van der Waals surface area contributed by atoms with Gasteiger partial charge in [-0.2, -0.15) is 5.10 Å². The number of methoxy groups -OCH3 is 2. The van der Waals surface area contributed by atoms with Crippen LogP contribution in [0.2, 0.25) is 0 Å². The topological polar surface area (TPSA) is 78.4 Å². The second-order valence-electron chi connectivity index (χ2n) is 8.29. The number of carbonyl (C=O) groups excluding carboxylic acids is 1. The molecule has 0 aliphatic heterocycles. The average molecular weight is 640 g/mol. The van der Waals surface area contributed by atoms with E-state index in [1.165, 1.54) is 25.5 Å². The summed E-state index contributed by atoms with van der Waals surface area (Å²) in [4.78, 5) is 12.7. The van der Waals surface area contributed by atoms with Gasteiger partial charge in [0.1, 0.15) is 19.0 Å². The van der Waals surface area contributed by atoms with Crippen LogP contribution in [0.1, 0.15) is 27.0 Å². The van der Waals surface area contributed by atoms with Gasteiger partial charge in [0.05, 0.1) is 24.0 Å². The van der Waals surface area contributed by atoms with Crippen LogP contribution in [-0.4, -0.2) is 26.3 Å². The van der Waals surface area contributed by atoms with Gasteiger partial charge in [-0.05, 0) is 81.7 Å². The van der Waals surface area contributed by atoms with Gasteiger partial charge in [0.15, 0.2) is 23.0 Å². The first kappa shape index (κ1) is 27.9. The molecule has 0 heterocycles. The Kier molecular flexibility index (Phi) is 9.74. The largest absolute Gasteiger partial charge is 0.493 e. The Bertz CT molecular complexity index is 1450. The number of hydrazone groups is 1. The number of hydrogen-bond acceptors (Lipinski definition) is 6. The van der Waals surface area contributed by atoms with Crippen molar-refractivity contribution in [1.29, 1.82) is 0 Å². The fraction of sp³-hybridized carbons (Fsp3) is 0.133. The van der Waals surface area contributed by atoms with E-state index < -0.39 is 5.91 Å². The molecule has 0 aliphatic rings. The third kappa shape index (κ3) is 7.70. The van der Waals surface area contributed by atoms with Crippen LogP contribution in [0.15, 0.2) is 90.0 Å². The van der Waals surface area contributed by atoms with Gasteiger partial charge in [-0.15, -0.1) is 0 Å². The minimum absolute atomic E-state index is 0.260. The minimum atomic E-state index is -0.403. The zero-order valence-electron chi connectivity index (χ0n) is 21.3. The number of carbonyl (C=O) groups is 1. The number of nitrogens with zero attached hydrogens (tertiary/aromatic N) is 1. The molecule has 0 aromatic heterocycles. The molecule has 4 aromatic rings. The van der Waals surface area contributed by atoms with E-state index in [1.54, 1.807) is 43.5 Å². The highest BCUT2D eigenvalue weighted by Crippen LogP contribution is 2.34. The van der Waals surface area contributed by atoms with Crippen molar-refractivity contribution in [2.75, 3.05) is 14.2 Å². The fourth-order valence-corrected chi connectivity index (χ4v) is 4.36. The molecule has 0 spiro atoms. The van der Waals surface area contributed by atoms with Crippen LogP contribution in [0.4, 0.5) is 4.39 Å². The lowest BCUT2D eigenvalue weighted by atomic mass is 10.2. The van der Waals surface area contributed by atoms with Crippen LogP contribution in [0, 0.1) is 9.39 Å². The number of halogens is 2. The quantitative estimate of drug-likeness (QED) is 0.117. The summed E-state index contributed by atoms with van der Waals surface area (Å²) in [5, 5.41) is 4.09. The molecule has 0 unspecified atom stereocenters. The molecule has 0 bridgehead atoms. The summed E-state index contributed by atoms with van der Waals surface area (Å²) >= 11 is 2.14. The molecule has 9 heteroatoms. The lowest BCUT2D eigenvalue weighted by Gasteiger charge is -2.13. The summed E-state index contributed by atoms with van der Waals surface area (Å²) < 4.78 is 36.6. The maximum absolute atomic E-state index is 13.1. The van der Waals surface area contributed by atoms with Gasteiger partial charge in [0.25, 0.3) is 5.91 Å². The summed E-state index contributed by atoms with van der Waals surface area (Å²) in [5.41, 5.74) is 5.45. The molecule has 39 heavy (non-hydrogen) atoms. The normalized spacial score (nSPS) is 10.8. The molecule has 0 radical (unpaired) electrons. The Labute approximate surface area is 239 Å². The summed E-state index contributed by atoms with van der Waals surface area (Å²) in [6, 6.07) is 24.4. The number of rotatable bonds is 11. The lowest BCUT2D eigenvalue weighted by molar-refractivity contribution is 0.0954. The van der Waals surface area contributed by atoms with Crippen molar-refractivity contribution in [3.05, 3.63) is 117 Å². The predicted octanol–water partition coefficient (Wildman–Crippen LogP) is 6.37. The van der Waals surface area contributed by atoms with Gasteiger partial charge in [-0.1, -0.05) is 42.5 Å². The maximum Gasteiger partial charge on any atom is 0.271 e. The number of benzene rings is 4. The molecule has 0 saturated carbocycles. The van der Waals surface area contributed by atoms with E-state index in [9.17, 15) is 9.18 Å². The van der Waals surface area contributed by atoms with Crippen molar-refractivity contribution in [3.8, 4) is 23.0 Å². The van der Waals surface area contributed by atoms with Gasteiger partial charge in [-0.25, -0.2) is 9.82 Å². The second-order valence-corrected chi connectivity index (χ2v) is 9.45. The first-order valence-electron chi connectivity index (χ1n) is 11.9. The van der Waals surface area contributed by atoms with Crippen LogP contribution in [0.25, 0.3) is 0 Å². The Balaban J connectivity index is 1.38. The van der Waals surface area contributed by atoms with Crippen LogP contribution >= 0.6 is 22.6 Å².